The second kappa shape index (κ2) is 5.90. The molecule has 0 saturated heterocycles. The molecule has 0 aliphatic carbocycles. The van der Waals surface area contributed by atoms with Crippen LogP contribution in [0.4, 0.5) is 0 Å². The van der Waals surface area contributed by atoms with Crippen molar-refractivity contribution in [2.24, 2.45) is 5.73 Å². The molecule has 22 heavy (non-hydrogen) atoms. The Kier molecular flexibility index (Phi) is 3.96. The van der Waals surface area contributed by atoms with Gasteiger partial charge in [0.05, 0.1) is 22.0 Å². The van der Waals surface area contributed by atoms with E-state index < -0.39 is 0 Å². The molecular weight excluding hydrogens is 302 g/mol. The van der Waals surface area contributed by atoms with Crippen LogP contribution < -0.4 is 11.3 Å². The van der Waals surface area contributed by atoms with E-state index in [1.807, 2.05) is 6.92 Å². The summed E-state index contributed by atoms with van der Waals surface area (Å²) < 4.78 is 1.44. The number of nitrogens with two attached hydrogens (primary N) is 1. The number of hydrogen-bond donors (Lipinski definition) is 2. The lowest BCUT2D eigenvalue weighted by atomic mass is 10.1. The van der Waals surface area contributed by atoms with Crippen LogP contribution in [0.2, 0.25) is 5.02 Å². The van der Waals surface area contributed by atoms with E-state index in [9.17, 15) is 4.79 Å². The Morgan fingerprint density at radius 2 is 2.23 bits per heavy atom. The van der Waals surface area contributed by atoms with Crippen molar-refractivity contribution in [3.05, 3.63) is 51.7 Å². The lowest BCUT2D eigenvalue weighted by molar-refractivity contribution is 0.580. The van der Waals surface area contributed by atoms with Gasteiger partial charge in [-0.2, -0.15) is 5.10 Å². The Morgan fingerprint density at radius 3 is 2.91 bits per heavy atom. The summed E-state index contributed by atoms with van der Waals surface area (Å²) in [6.45, 7) is 2.04. The Morgan fingerprint density at radius 1 is 1.41 bits per heavy atom. The molecule has 3 rings (SSSR count). The topological polar surface area (TPSA) is 89.6 Å². The molecule has 0 aliphatic heterocycles. The van der Waals surface area contributed by atoms with Crippen molar-refractivity contribution in [1.29, 1.82) is 0 Å². The van der Waals surface area contributed by atoms with Gasteiger partial charge in [0.25, 0.3) is 5.56 Å². The van der Waals surface area contributed by atoms with Gasteiger partial charge in [0, 0.05) is 12.3 Å². The van der Waals surface area contributed by atoms with Gasteiger partial charge in [-0.05, 0) is 18.6 Å². The summed E-state index contributed by atoms with van der Waals surface area (Å²) >= 11 is 6.18. The van der Waals surface area contributed by atoms with Crippen molar-refractivity contribution in [2.45, 2.75) is 25.8 Å². The van der Waals surface area contributed by atoms with Gasteiger partial charge in [0.2, 0.25) is 0 Å². The zero-order valence-electron chi connectivity index (χ0n) is 12.1. The van der Waals surface area contributed by atoms with E-state index in [0.29, 0.717) is 27.6 Å². The largest absolute Gasteiger partial charge is 0.321 e. The van der Waals surface area contributed by atoms with E-state index in [1.54, 1.807) is 30.5 Å². The minimum absolute atomic E-state index is 0.260. The number of nitrogens with zero attached hydrogens (tertiary/aromatic N) is 3. The van der Waals surface area contributed by atoms with E-state index >= 15 is 0 Å². The van der Waals surface area contributed by atoms with E-state index in [2.05, 4.69) is 15.2 Å². The van der Waals surface area contributed by atoms with Gasteiger partial charge in [0.1, 0.15) is 5.82 Å². The van der Waals surface area contributed by atoms with Gasteiger partial charge in [-0.15, -0.1) is 0 Å². The van der Waals surface area contributed by atoms with Gasteiger partial charge >= 0.3 is 0 Å². The van der Waals surface area contributed by atoms with Crippen LogP contribution in [0.5, 0.6) is 0 Å². The molecule has 1 atom stereocenters. The van der Waals surface area contributed by atoms with Crippen molar-refractivity contribution in [3.63, 3.8) is 0 Å². The molecule has 3 N–H and O–H groups in total. The molecule has 1 unspecified atom stereocenters. The fourth-order valence-corrected chi connectivity index (χ4v) is 2.74. The quantitative estimate of drug-likeness (QED) is 0.774. The lowest BCUT2D eigenvalue weighted by Gasteiger charge is -2.16. The third-order valence-corrected chi connectivity index (χ3v) is 3.83. The van der Waals surface area contributed by atoms with Crippen molar-refractivity contribution in [2.75, 3.05) is 0 Å². The van der Waals surface area contributed by atoms with Crippen LogP contribution in [-0.2, 0) is 0 Å². The Balaban J connectivity index is 2.38. The zero-order valence-corrected chi connectivity index (χ0v) is 12.8. The predicted molar refractivity (Wildman–Crippen MR) is 86.3 cm³/mol. The predicted octanol–water partition coefficient (Wildman–Crippen LogP) is 2.56. The highest BCUT2D eigenvalue weighted by Crippen LogP contribution is 2.22. The summed E-state index contributed by atoms with van der Waals surface area (Å²) in [4.78, 5) is 17.5. The first-order valence-corrected chi connectivity index (χ1v) is 7.48. The first-order valence-electron chi connectivity index (χ1n) is 7.10. The molecular formula is C15H16ClN5O. The number of rotatable bonds is 4. The molecule has 0 fully saturated rings. The summed E-state index contributed by atoms with van der Waals surface area (Å²) in [6.07, 6.45) is 3.27. The minimum atomic E-state index is -0.349. The number of hydrogen-bond acceptors (Lipinski definition) is 4. The van der Waals surface area contributed by atoms with Crippen LogP contribution in [0.1, 0.15) is 31.6 Å². The Hall–Kier alpha value is -2.18. The van der Waals surface area contributed by atoms with Crippen molar-refractivity contribution in [3.8, 4) is 5.82 Å². The fraction of sp³-hybridized carbons (Fsp3) is 0.267. The summed E-state index contributed by atoms with van der Waals surface area (Å²) in [6, 6.07) is 6.56. The second-order valence-corrected chi connectivity index (χ2v) is 5.48. The maximum Gasteiger partial charge on any atom is 0.268 e. The standard InChI is InChI=1S/C15H16ClN5O/c1-2-4-10(17)14-19-11-6-3-5-9(16)13(11)15(22)21(14)12-7-8-18-20-12/h3,5-8,10H,2,4,17H2,1H3,(H,18,20). The monoisotopic (exact) mass is 317 g/mol. The zero-order chi connectivity index (χ0) is 15.7. The van der Waals surface area contributed by atoms with Gasteiger partial charge in [-0.1, -0.05) is 31.0 Å². The summed E-state index contributed by atoms with van der Waals surface area (Å²) in [7, 11) is 0. The molecule has 0 bridgehead atoms. The number of nitrogens with one attached hydrogen (secondary N) is 1. The van der Waals surface area contributed by atoms with E-state index in [4.69, 9.17) is 17.3 Å². The van der Waals surface area contributed by atoms with Crippen LogP contribution in [0.3, 0.4) is 0 Å². The number of fused-ring (bicyclic) bond motifs is 1. The van der Waals surface area contributed by atoms with Gasteiger partial charge < -0.3 is 5.73 Å². The highest BCUT2D eigenvalue weighted by molar-refractivity contribution is 6.35. The molecule has 2 aromatic heterocycles. The maximum atomic E-state index is 12.9. The first-order chi connectivity index (χ1) is 10.6. The smallest absolute Gasteiger partial charge is 0.268 e. The maximum absolute atomic E-state index is 12.9. The number of benzene rings is 1. The van der Waals surface area contributed by atoms with Crippen LogP contribution >= 0.6 is 11.6 Å². The van der Waals surface area contributed by atoms with Gasteiger partial charge in [0.15, 0.2) is 5.82 Å². The minimum Gasteiger partial charge on any atom is -0.321 e. The number of halogens is 1. The first kappa shape index (κ1) is 14.7. The summed E-state index contributed by atoms with van der Waals surface area (Å²) in [5.41, 5.74) is 6.50. The fourth-order valence-electron chi connectivity index (χ4n) is 2.49. The Labute approximate surface area is 131 Å². The van der Waals surface area contributed by atoms with Gasteiger partial charge in [-0.25, -0.2) is 9.55 Å². The summed E-state index contributed by atoms with van der Waals surface area (Å²) in [5, 5.41) is 7.54. The molecule has 6 nitrogen and oxygen atoms in total. The van der Waals surface area contributed by atoms with E-state index in [0.717, 1.165) is 12.8 Å². The Bertz CT molecular complexity index is 856. The highest BCUT2D eigenvalue weighted by Gasteiger charge is 2.19. The second-order valence-electron chi connectivity index (χ2n) is 5.07. The molecule has 0 saturated carbocycles. The third-order valence-electron chi connectivity index (χ3n) is 3.52. The molecule has 114 valence electrons. The SMILES string of the molecule is CCCC(N)c1nc2cccc(Cl)c2c(=O)n1-c1cc[nH]n1. The van der Waals surface area contributed by atoms with E-state index in [-0.39, 0.29) is 11.6 Å². The van der Waals surface area contributed by atoms with Crippen LogP contribution in [0, 0.1) is 0 Å². The molecule has 0 radical (unpaired) electrons. The van der Waals surface area contributed by atoms with Gasteiger partial charge in [-0.3, -0.25) is 9.89 Å². The van der Waals surface area contributed by atoms with E-state index in [1.165, 1.54) is 4.57 Å². The number of aromatic nitrogens is 4. The number of H-pyrrole nitrogens is 1. The molecule has 3 aromatic rings. The van der Waals surface area contributed by atoms with Crippen molar-refractivity contribution in [1.82, 2.24) is 19.7 Å². The molecule has 0 spiro atoms. The molecule has 0 amide bonds. The molecule has 1 aromatic carbocycles. The van der Waals surface area contributed by atoms with Crippen LogP contribution in [0.25, 0.3) is 16.7 Å². The summed E-state index contributed by atoms with van der Waals surface area (Å²) in [5.74, 6) is 0.953. The number of aromatic amines is 1. The van der Waals surface area contributed by atoms with Crippen LogP contribution in [-0.4, -0.2) is 19.7 Å². The average Bonchev–Trinajstić information content (AvgIpc) is 3.01. The lowest BCUT2D eigenvalue weighted by Crippen LogP contribution is -2.29. The molecule has 7 heteroatoms. The molecule has 0 aliphatic rings. The average molecular weight is 318 g/mol. The van der Waals surface area contributed by atoms with Crippen molar-refractivity contribution < 1.29 is 0 Å². The third kappa shape index (κ3) is 2.40. The van der Waals surface area contributed by atoms with Crippen molar-refractivity contribution >= 4 is 22.5 Å². The highest BCUT2D eigenvalue weighted by atomic mass is 35.5. The normalized spacial score (nSPS) is 12.7. The molecule has 2 heterocycles. The van der Waals surface area contributed by atoms with Crippen LogP contribution in [0.15, 0.2) is 35.3 Å².